The summed E-state index contributed by atoms with van der Waals surface area (Å²) in [5.41, 5.74) is 5.16. The van der Waals surface area contributed by atoms with Crippen molar-refractivity contribution < 1.29 is 19.8 Å². The van der Waals surface area contributed by atoms with Gasteiger partial charge in [-0.15, -0.1) is 0 Å². The highest BCUT2D eigenvalue weighted by Gasteiger charge is 2.28. The first-order chi connectivity index (χ1) is 8.51. The van der Waals surface area contributed by atoms with Crippen LogP contribution in [0.2, 0.25) is 0 Å². The molecule has 1 heterocycles. The Labute approximate surface area is 106 Å². The van der Waals surface area contributed by atoms with Crippen LogP contribution in [0.25, 0.3) is 0 Å². The van der Waals surface area contributed by atoms with Gasteiger partial charge in [0.15, 0.2) is 0 Å². The number of nitrogens with one attached hydrogen (secondary N) is 1. The summed E-state index contributed by atoms with van der Waals surface area (Å²) in [7, 11) is 0. The van der Waals surface area contributed by atoms with E-state index in [9.17, 15) is 9.59 Å². The molecule has 1 saturated heterocycles. The minimum absolute atomic E-state index is 0.00629. The number of likely N-dealkylation sites (tertiary alicyclic amines) is 1. The van der Waals surface area contributed by atoms with Crippen LogP contribution >= 0.6 is 0 Å². The summed E-state index contributed by atoms with van der Waals surface area (Å²) in [5.74, 6) is -1.24. The number of rotatable bonds is 7. The van der Waals surface area contributed by atoms with Crippen molar-refractivity contribution in [2.45, 2.75) is 18.9 Å². The van der Waals surface area contributed by atoms with Crippen LogP contribution in [-0.2, 0) is 9.59 Å². The molecular formula is C11H21N3O4. The van der Waals surface area contributed by atoms with E-state index < -0.39 is 11.9 Å². The van der Waals surface area contributed by atoms with E-state index in [4.69, 9.17) is 15.9 Å². The molecule has 0 aromatic heterocycles. The van der Waals surface area contributed by atoms with Gasteiger partial charge in [0.05, 0.1) is 13.2 Å². The van der Waals surface area contributed by atoms with E-state index in [1.807, 2.05) is 4.90 Å². The number of piperidine rings is 1. The topological polar surface area (TPSA) is 116 Å². The summed E-state index contributed by atoms with van der Waals surface area (Å²) in [4.78, 5) is 23.5. The van der Waals surface area contributed by atoms with Gasteiger partial charge in [0.2, 0.25) is 5.91 Å². The number of primary amides is 1. The third-order valence-corrected chi connectivity index (χ3v) is 3.00. The molecule has 0 aliphatic carbocycles. The lowest BCUT2D eigenvalue weighted by molar-refractivity contribution is -0.138. The number of aliphatic hydroxyl groups excluding tert-OH is 1. The molecule has 1 aliphatic heterocycles. The number of carbonyl (C=O) groups excluding carboxylic acids is 1. The molecule has 1 fully saturated rings. The minimum atomic E-state index is -0.832. The first-order valence-corrected chi connectivity index (χ1v) is 6.08. The van der Waals surface area contributed by atoms with Gasteiger partial charge in [0.25, 0.3) is 0 Å². The van der Waals surface area contributed by atoms with Crippen LogP contribution in [-0.4, -0.2) is 65.8 Å². The Hall–Kier alpha value is -1.18. The fourth-order valence-electron chi connectivity index (χ4n) is 2.46. The summed E-state index contributed by atoms with van der Waals surface area (Å²) in [5, 5.41) is 20.7. The van der Waals surface area contributed by atoms with Crippen molar-refractivity contribution in [3.8, 4) is 0 Å². The molecule has 7 nitrogen and oxygen atoms in total. The summed E-state index contributed by atoms with van der Waals surface area (Å²) < 4.78 is 0. The third-order valence-electron chi connectivity index (χ3n) is 3.00. The molecule has 0 bridgehead atoms. The Morgan fingerprint density at radius 1 is 1.39 bits per heavy atom. The Balaban J connectivity index is 2.53. The highest BCUT2D eigenvalue weighted by Crippen LogP contribution is 2.19. The lowest BCUT2D eigenvalue weighted by Gasteiger charge is -2.37. The molecule has 104 valence electrons. The van der Waals surface area contributed by atoms with Crippen molar-refractivity contribution >= 4 is 11.9 Å². The van der Waals surface area contributed by atoms with Crippen LogP contribution in [0.1, 0.15) is 12.8 Å². The maximum Gasteiger partial charge on any atom is 0.303 e. The second-order valence-electron chi connectivity index (χ2n) is 4.73. The number of aliphatic hydroxyl groups is 1. The smallest absolute Gasteiger partial charge is 0.303 e. The average Bonchev–Trinajstić information content (AvgIpc) is 2.24. The summed E-state index contributed by atoms with van der Waals surface area (Å²) in [6.07, 6.45) is 0.828. The van der Waals surface area contributed by atoms with Gasteiger partial charge in [0.1, 0.15) is 0 Å². The number of hydrogen-bond acceptors (Lipinski definition) is 5. The highest BCUT2D eigenvalue weighted by atomic mass is 16.4. The normalized spacial score (nSPS) is 24.9. The molecular weight excluding hydrogens is 238 g/mol. The Kier molecular flexibility index (Phi) is 6.03. The lowest BCUT2D eigenvalue weighted by Crippen LogP contribution is -2.52. The monoisotopic (exact) mass is 259 g/mol. The summed E-state index contributed by atoms with van der Waals surface area (Å²) in [6, 6.07) is 0.0922. The van der Waals surface area contributed by atoms with E-state index in [0.717, 1.165) is 6.42 Å². The van der Waals surface area contributed by atoms with Crippen molar-refractivity contribution in [3.63, 3.8) is 0 Å². The number of nitrogens with two attached hydrogens (primary N) is 1. The van der Waals surface area contributed by atoms with Gasteiger partial charge < -0.3 is 21.3 Å². The van der Waals surface area contributed by atoms with Crippen LogP contribution in [0, 0.1) is 5.92 Å². The highest BCUT2D eigenvalue weighted by molar-refractivity contribution is 5.76. The van der Waals surface area contributed by atoms with E-state index >= 15 is 0 Å². The molecule has 1 rings (SSSR count). The average molecular weight is 259 g/mol. The number of aliphatic carboxylic acids is 1. The molecule has 0 saturated carbocycles. The van der Waals surface area contributed by atoms with E-state index in [1.54, 1.807) is 0 Å². The van der Waals surface area contributed by atoms with Gasteiger partial charge in [-0.05, 0) is 12.3 Å². The number of carboxylic acid groups (broad SMARTS) is 1. The maximum absolute atomic E-state index is 10.9. The quantitative estimate of drug-likeness (QED) is 0.429. The molecule has 5 N–H and O–H groups in total. The first-order valence-electron chi connectivity index (χ1n) is 6.08. The van der Waals surface area contributed by atoms with Crippen LogP contribution in [0.5, 0.6) is 0 Å². The Bertz CT molecular complexity index is 274. The molecule has 0 spiro atoms. The molecule has 0 aromatic carbocycles. The zero-order valence-electron chi connectivity index (χ0n) is 10.3. The zero-order chi connectivity index (χ0) is 13.5. The second kappa shape index (κ2) is 7.30. The van der Waals surface area contributed by atoms with Crippen molar-refractivity contribution in [2.24, 2.45) is 11.7 Å². The molecule has 1 aliphatic rings. The third kappa shape index (κ3) is 5.44. The van der Waals surface area contributed by atoms with Gasteiger partial charge in [-0.3, -0.25) is 14.5 Å². The number of carboxylic acids is 1. The minimum Gasteiger partial charge on any atom is -0.481 e. The summed E-state index contributed by atoms with van der Waals surface area (Å²) >= 11 is 0. The standard InChI is InChI=1S/C11H21N3O4/c12-10(16)7-14-5-8(4-11(17)18)3-9(6-14)13-1-2-15/h8-9,13,15H,1-7H2,(H2,12,16)(H,17,18). The van der Waals surface area contributed by atoms with E-state index in [-0.39, 0.29) is 31.5 Å². The molecule has 0 radical (unpaired) electrons. The fourth-order valence-corrected chi connectivity index (χ4v) is 2.46. The van der Waals surface area contributed by atoms with Crippen molar-refractivity contribution in [3.05, 3.63) is 0 Å². The zero-order valence-corrected chi connectivity index (χ0v) is 10.3. The van der Waals surface area contributed by atoms with Gasteiger partial charge in [-0.1, -0.05) is 0 Å². The number of nitrogens with zero attached hydrogens (tertiary/aromatic N) is 1. The van der Waals surface area contributed by atoms with Crippen molar-refractivity contribution in [1.82, 2.24) is 10.2 Å². The van der Waals surface area contributed by atoms with Crippen LogP contribution in [0.4, 0.5) is 0 Å². The van der Waals surface area contributed by atoms with Crippen molar-refractivity contribution in [1.29, 1.82) is 0 Å². The molecule has 0 aromatic rings. The number of hydrogen-bond donors (Lipinski definition) is 4. The Morgan fingerprint density at radius 2 is 2.11 bits per heavy atom. The molecule has 7 heteroatoms. The van der Waals surface area contributed by atoms with E-state index in [0.29, 0.717) is 19.6 Å². The second-order valence-corrected chi connectivity index (χ2v) is 4.73. The summed E-state index contributed by atoms with van der Waals surface area (Å²) in [6.45, 7) is 1.88. The molecule has 2 atom stereocenters. The number of carbonyl (C=O) groups is 2. The molecule has 2 unspecified atom stereocenters. The number of amides is 1. The predicted molar refractivity (Wildman–Crippen MR) is 64.9 cm³/mol. The van der Waals surface area contributed by atoms with Crippen LogP contribution in [0.3, 0.4) is 0 Å². The fraction of sp³-hybridized carbons (Fsp3) is 0.818. The van der Waals surface area contributed by atoms with Gasteiger partial charge >= 0.3 is 5.97 Å². The van der Waals surface area contributed by atoms with Crippen molar-refractivity contribution in [2.75, 3.05) is 32.8 Å². The lowest BCUT2D eigenvalue weighted by atomic mass is 9.91. The van der Waals surface area contributed by atoms with Gasteiger partial charge in [-0.2, -0.15) is 0 Å². The Morgan fingerprint density at radius 3 is 2.67 bits per heavy atom. The first kappa shape index (κ1) is 14.9. The molecule has 1 amide bonds. The maximum atomic E-state index is 10.9. The van der Waals surface area contributed by atoms with E-state index in [2.05, 4.69) is 5.32 Å². The predicted octanol–water partition coefficient (Wildman–Crippen LogP) is -1.78. The SMILES string of the molecule is NC(=O)CN1CC(CC(=O)O)CC(NCCO)C1. The molecule has 18 heavy (non-hydrogen) atoms. The largest absolute Gasteiger partial charge is 0.481 e. The van der Waals surface area contributed by atoms with Gasteiger partial charge in [-0.25, -0.2) is 0 Å². The van der Waals surface area contributed by atoms with E-state index in [1.165, 1.54) is 0 Å². The van der Waals surface area contributed by atoms with Gasteiger partial charge in [0, 0.05) is 32.1 Å². The van der Waals surface area contributed by atoms with Crippen LogP contribution < -0.4 is 11.1 Å². The van der Waals surface area contributed by atoms with Crippen LogP contribution in [0.15, 0.2) is 0 Å².